The first-order valence-electron chi connectivity index (χ1n) is 1.10. The van der Waals surface area contributed by atoms with Crippen LogP contribution in [0.15, 0.2) is 0 Å². The number of hydrogen-bond acceptors (Lipinski definition) is 4. The average molecular weight is 152 g/mol. The molecule has 0 heterocycles. The van der Waals surface area contributed by atoms with Crippen LogP contribution in [0, 0.1) is 0 Å². The van der Waals surface area contributed by atoms with E-state index in [9.17, 15) is 13.0 Å². The van der Waals surface area contributed by atoms with Crippen LogP contribution in [0.3, 0.4) is 0 Å². The standard InChI is InChI=1S/CH4O4S.Na.H2O/c2-1-6(3,4)5;;/h2H,1H2,(H,3,4,5);;1H2/p-1. The molecule has 0 aliphatic carbocycles. The summed E-state index contributed by atoms with van der Waals surface area (Å²) in [6.45, 7) is 0. The van der Waals surface area contributed by atoms with Gasteiger partial charge in [0.25, 0.3) is 0 Å². The summed E-state index contributed by atoms with van der Waals surface area (Å²) in [7, 11) is -4.36. The van der Waals surface area contributed by atoms with Crippen molar-refractivity contribution in [1.82, 2.24) is 0 Å². The maximum atomic E-state index is 9.19. The number of aliphatic hydroxyl groups is 1. The fraction of sp³-hybridized carbons (Fsp3) is 1.00. The molecule has 0 spiro atoms. The molecule has 0 saturated heterocycles. The molecule has 0 fully saturated rings. The molecule has 0 unspecified atom stereocenters. The molecule has 0 saturated carbocycles. The predicted molar refractivity (Wildman–Crippen MR) is 26.2 cm³/mol. The normalized spacial score (nSPS) is 8.75. The van der Waals surface area contributed by atoms with E-state index in [-0.39, 0.29) is 35.0 Å². The van der Waals surface area contributed by atoms with Crippen LogP contribution in [0.5, 0.6) is 0 Å². The molecule has 5 nitrogen and oxygen atoms in total. The van der Waals surface area contributed by atoms with Crippen LogP contribution in [0.4, 0.5) is 0 Å². The Morgan fingerprint density at radius 2 is 1.62 bits per heavy atom. The molecule has 8 heavy (non-hydrogen) atoms. The van der Waals surface area contributed by atoms with Crippen molar-refractivity contribution in [2.24, 2.45) is 0 Å². The summed E-state index contributed by atoms with van der Waals surface area (Å²) in [6.07, 6.45) is 0. The Kier molecular flexibility index (Phi) is 11.9. The van der Waals surface area contributed by atoms with Crippen molar-refractivity contribution < 1.29 is 23.6 Å². The van der Waals surface area contributed by atoms with Gasteiger partial charge >= 0.3 is 0 Å². The van der Waals surface area contributed by atoms with E-state index in [1.54, 1.807) is 0 Å². The molecule has 0 atom stereocenters. The monoisotopic (exact) mass is 152 g/mol. The van der Waals surface area contributed by atoms with Crippen LogP contribution < -0.4 is 0 Å². The molecule has 0 aliphatic rings. The van der Waals surface area contributed by atoms with Gasteiger partial charge in [0.05, 0.1) is 0 Å². The maximum absolute atomic E-state index is 9.19. The van der Waals surface area contributed by atoms with E-state index in [0.29, 0.717) is 0 Å². The topological polar surface area (TPSA) is 109 Å². The summed E-state index contributed by atoms with van der Waals surface area (Å²) in [4.78, 5) is 0. The third-order valence-corrected chi connectivity index (χ3v) is 0.474. The van der Waals surface area contributed by atoms with Crippen LogP contribution in [0.25, 0.3) is 0 Å². The number of rotatable bonds is 1. The third-order valence-electron chi connectivity index (χ3n) is 0.158. The van der Waals surface area contributed by atoms with Gasteiger partial charge in [-0.1, -0.05) is 0 Å². The second-order valence-corrected chi connectivity index (χ2v) is 2.06. The minimum absolute atomic E-state index is 0. The fourth-order valence-corrected chi connectivity index (χ4v) is 0. The van der Waals surface area contributed by atoms with Gasteiger partial charge in [-0.2, -0.15) is 0 Å². The predicted octanol–water partition coefficient (Wildman–Crippen LogP) is -2.72. The van der Waals surface area contributed by atoms with E-state index < -0.39 is 16.1 Å². The first kappa shape index (κ1) is 15.9. The Hall–Kier alpha value is 0.830. The molecule has 0 aromatic rings. The Morgan fingerprint density at radius 1 is 1.50 bits per heavy atom. The summed E-state index contributed by atoms with van der Waals surface area (Å²) in [5, 5.41) is 7.50. The van der Waals surface area contributed by atoms with Crippen molar-refractivity contribution in [2.75, 3.05) is 5.94 Å². The Bertz CT molecular complexity index is 114. The molecule has 0 bridgehead atoms. The second-order valence-electron chi connectivity index (χ2n) is 0.687. The second kappa shape index (κ2) is 5.96. The summed E-state index contributed by atoms with van der Waals surface area (Å²) in [6, 6.07) is 0. The first-order valence-corrected chi connectivity index (χ1v) is 2.68. The van der Waals surface area contributed by atoms with Gasteiger partial charge in [-0.25, -0.2) is 8.42 Å². The molecule has 0 aromatic heterocycles. The molecule has 3 N–H and O–H groups in total. The van der Waals surface area contributed by atoms with E-state index in [1.165, 1.54) is 0 Å². The molecule has 0 aliphatic heterocycles. The molecule has 47 valence electrons. The zero-order valence-corrected chi connectivity index (χ0v) is 7.10. The van der Waals surface area contributed by atoms with Crippen LogP contribution in [0.2, 0.25) is 0 Å². The van der Waals surface area contributed by atoms with Gasteiger partial charge in [-0.3, -0.25) is 0 Å². The maximum Gasteiger partial charge on any atom is 0.133 e. The minimum atomic E-state index is -4.36. The summed E-state index contributed by atoms with van der Waals surface area (Å²) in [5.74, 6) is -1.31. The van der Waals surface area contributed by atoms with Crippen molar-refractivity contribution >= 4 is 39.7 Å². The molecule has 0 amide bonds. The number of aliphatic hydroxyl groups excluding tert-OH is 1. The van der Waals surface area contributed by atoms with Gasteiger partial charge in [0.15, 0.2) is 0 Å². The van der Waals surface area contributed by atoms with Crippen LogP contribution in [-0.4, -0.2) is 59.0 Å². The zero-order chi connectivity index (χ0) is 5.21. The third kappa shape index (κ3) is 15.8. The summed E-state index contributed by atoms with van der Waals surface area (Å²) < 4.78 is 27.6. The quantitative estimate of drug-likeness (QED) is 0.325. The van der Waals surface area contributed by atoms with Gasteiger partial charge in [-0.05, 0) is 0 Å². The molecular weight excluding hydrogens is 147 g/mol. The number of hydrogen-bond donors (Lipinski definition) is 1. The Balaban J connectivity index is -0.000000125. The van der Waals surface area contributed by atoms with Gasteiger partial charge in [0.1, 0.15) is 16.1 Å². The van der Waals surface area contributed by atoms with Crippen molar-refractivity contribution in [2.45, 2.75) is 0 Å². The van der Waals surface area contributed by atoms with E-state index in [4.69, 9.17) is 5.11 Å². The first-order chi connectivity index (χ1) is 2.56. The summed E-state index contributed by atoms with van der Waals surface area (Å²) >= 11 is 0. The van der Waals surface area contributed by atoms with E-state index in [2.05, 4.69) is 0 Å². The van der Waals surface area contributed by atoms with Crippen LogP contribution in [0.1, 0.15) is 0 Å². The van der Waals surface area contributed by atoms with Gasteiger partial charge in [0, 0.05) is 29.6 Å². The molecule has 0 rings (SSSR count). The van der Waals surface area contributed by atoms with E-state index in [1.807, 2.05) is 0 Å². The van der Waals surface area contributed by atoms with Crippen molar-refractivity contribution in [3.05, 3.63) is 0 Å². The van der Waals surface area contributed by atoms with Crippen molar-refractivity contribution in [1.29, 1.82) is 0 Å². The average Bonchev–Trinajstić information content (AvgIpc) is 1.35. The van der Waals surface area contributed by atoms with Crippen LogP contribution >= 0.6 is 0 Å². The van der Waals surface area contributed by atoms with Crippen molar-refractivity contribution in [3.8, 4) is 0 Å². The molecule has 0 aromatic carbocycles. The van der Waals surface area contributed by atoms with Gasteiger partial charge < -0.3 is 15.1 Å². The molecule has 7 heteroatoms. The zero-order valence-electron chi connectivity index (χ0n) is 4.29. The Labute approximate surface area is 69.1 Å². The molecular formula is CH5NaO5S-. The summed E-state index contributed by atoms with van der Waals surface area (Å²) in [5.41, 5.74) is 0. The SMILES string of the molecule is O.O=S(=O)([O-])CO.[Na]. The smallest absolute Gasteiger partial charge is 0.133 e. The van der Waals surface area contributed by atoms with Crippen LogP contribution in [-0.2, 0) is 10.1 Å². The minimum Gasteiger partial charge on any atom is -0.746 e. The Morgan fingerprint density at radius 3 is 1.62 bits per heavy atom. The van der Waals surface area contributed by atoms with Gasteiger partial charge in [-0.15, -0.1) is 0 Å². The van der Waals surface area contributed by atoms with E-state index >= 15 is 0 Å². The van der Waals surface area contributed by atoms with Gasteiger partial charge in [0.2, 0.25) is 0 Å². The van der Waals surface area contributed by atoms with E-state index in [0.717, 1.165) is 0 Å². The largest absolute Gasteiger partial charge is 0.746 e. The fourth-order valence-electron chi connectivity index (χ4n) is 0. The van der Waals surface area contributed by atoms with Crippen molar-refractivity contribution in [3.63, 3.8) is 0 Å². The molecule has 1 radical (unpaired) electrons.